The average Bonchev–Trinajstić information content (AvgIpc) is 2.14. The molecule has 6 nitrogen and oxygen atoms in total. The third-order valence-electron chi connectivity index (χ3n) is 2.38. The predicted molar refractivity (Wildman–Crippen MR) is 59.7 cm³/mol. The number of hydrogen-bond acceptors (Lipinski definition) is 4. The first-order valence-electron chi connectivity index (χ1n) is 5.59. The van der Waals surface area contributed by atoms with Gasteiger partial charge in [-0.2, -0.15) is 0 Å². The molecule has 98 valence electrons. The van der Waals surface area contributed by atoms with Gasteiger partial charge in [0.25, 0.3) is 0 Å². The van der Waals surface area contributed by atoms with E-state index >= 15 is 0 Å². The predicted octanol–water partition coefficient (Wildman–Crippen LogP) is 1.00. The Hall–Kier alpha value is -1.30. The van der Waals surface area contributed by atoms with Gasteiger partial charge >= 0.3 is 12.1 Å². The van der Waals surface area contributed by atoms with E-state index in [2.05, 4.69) is 5.32 Å². The molecule has 1 fully saturated rings. The Kier molecular flexibility index (Phi) is 4.34. The Morgan fingerprint density at radius 1 is 1.41 bits per heavy atom. The molecule has 0 radical (unpaired) electrons. The Morgan fingerprint density at radius 3 is 2.59 bits per heavy atom. The number of carbonyl (C=O) groups is 2. The fourth-order valence-electron chi connectivity index (χ4n) is 1.61. The summed E-state index contributed by atoms with van der Waals surface area (Å²) in [6.45, 7) is 5.84. The smallest absolute Gasteiger partial charge is 0.407 e. The zero-order valence-electron chi connectivity index (χ0n) is 10.4. The maximum atomic E-state index is 11.5. The van der Waals surface area contributed by atoms with Gasteiger partial charge in [-0.1, -0.05) is 0 Å². The van der Waals surface area contributed by atoms with Crippen molar-refractivity contribution in [3.63, 3.8) is 0 Å². The monoisotopic (exact) mass is 245 g/mol. The van der Waals surface area contributed by atoms with Gasteiger partial charge in [0.1, 0.15) is 11.5 Å². The molecule has 0 saturated carbocycles. The first-order chi connectivity index (χ1) is 7.79. The van der Waals surface area contributed by atoms with Crippen molar-refractivity contribution in [1.82, 2.24) is 5.32 Å². The Morgan fingerprint density at radius 2 is 2.06 bits per heavy atom. The van der Waals surface area contributed by atoms with Crippen LogP contribution >= 0.6 is 0 Å². The van der Waals surface area contributed by atoms with Crippen LogP contribution in [0.25, 0.3) is 0 Å². The quantitative estimate of drug-likeness (QED) is 0.758. The third-order valence-corrected chi connectivity index (χ3v) is 2.38. The summed E-state index contributed by atoms with van der Waals surface area (Å²) < 4.78 is 10.2. The van der Waals surface area contributed by atoms with Gasteiger partial charge in [-0.05, 0) is 27.2 Å². The van der Waals surface area contributed by atoms with Crippen LogP contribution in [0, 0.1) is 5.92 Å². The molecule has 2 atom stereocenters. The van der Waals surface area contributed by atoms with Gasteiger partial charge in [0, 0.05) is 12.6 Å². The van der Waals surface area contributed by atoms with E-state index in [1.807, 2.05) is 0 Å². The highest BCUT2D eigenvalue weighted by Crippen LogP contribution is 2.16. The zero-order valence-corrected chi connectivity index (χ0v) is 10.4. The van der Waals surface area contributed by atoms with Gasteiger partial charge in [-0.25, -0.2) is 4.79 Å². The normalized spacial score (nSPS) is 25.1. The number of carbonyl (C=O) groups excluding carboxylic acids is 1. The Labute approximate surface area is 100 Å². The Bertz CT molecular complexity index is 297. The first kappa shape index (κ1) is 13.8. The Balaban J connectivity index is 2.53. The topological polar surface area (TPSA) is 84.9 Å². The van der Waals surface area contributed by atoms with Gasteiger partial charge < -0.3 is 19.9 Å². The maximum Gasteiger partial charge on any atom is 0.407 e. The summed E-state index contributed by atoms with van der Waals surface area (Å²) in [6.07, 6.45) is -0.105. The molecule has 0 aliphatic carbocycles. The lowest BCUT2D eigenvalue weighted by atomic mass is 9.96. The van der Waals surface area contributed by atoms with Crippen molar-refractivity contribution in [1.29, 1.82) is 0 Å². The van der Waals surface area contributed by atoms with Crippen LogP contribution in [-0.2, 0) is 14.3 Å². The van der Waals surface area contributed by atoms with E-state index in [0.29, 0.717) is 13.0 Å². The number of hydrogen-bond donors (Lipinski definition) is 2. The minimum Gasteiger partial charge on any atom is -0.481 e. The molecule has 1 saturated heterocycles. The second-order valence-corrected chi connectivity index (χ2v) is 5.06. The van der Waals surface area contributed by atoms with Crippen LogP contribution < -0.4 is 5.32 Å². The maximum absolute atomic E-state index is 11.5. The second-order valence-electron chi connectivity index (χ2n) is 5.06. The van der Waals surface area contributed by atoms with Gasteiger partial charge in [0.05, 0.1) is 6.61 Å². The fourth-order valence-corrected chi connectivity index (χ4v) is 1.61. The zero-order chi connectivity index (χ0) is 13.1. The van der Waals surface area contributed by atoms with Gasteiger partial charge in [0.2, 0.25) is 0 Å². The number of nitrogens with one attached hydrogen (secondary N) is 1. The second kappa shape index (κ2) is 5.35. The van der Waals surface area contributed by atoms with E-state index in [1.54, 1.807) is 20.8 Å². The number of carboxylic acid groups (broad SMARTS) is 1. The average molecular weight is 245 g/mol. The van der Waals surface area contributed by atoms with Crippen LogP contribution in [0.1, 0.15) is 27.2 Å². The molecule has 6 heteroatoms. The van der Waals surface area contributed by atoms with E-state index in [-0.39, 0.29) is 6.61 Å². The van der Waals surface area contributed by atoms with E-state index in [1.165, 1.54) is 0 Å². The number of aliphatic carboxylic acids is 1. The summed E-state index contributed by atoms with van der Waals surface area (Å²) in [5.74, 6) is -1.68. The molecule has 17 heavy (non-hydrogen) atoms. The van der Waals surface area contributed by atoms with Crippen molar-refractivity contribution in [2.24, 2.45) is 5.92 Å². The molecule has 0 unspecified atom stereocenters. The minimum atomic E-state index is -0.967. The van der Waals surface area contributed by atoms with Crippen LogP contribution in [0.5, 0.6) is 0 Å². The number of ether oxygens (including phenoxy) is 2. The fraction of sp³-hybridized carbons (Fsp3) is 0.818. The molecule has 1 aliphatic heterocycles. The summed E-state index contributed by atoms with van der Waals surface area (Å²) in [5.41, 5.74) is -0.589. The highest BCUT2D eigenvalue weighted by atomic mass is 16.6. The number of rotatable bonds is 2. The minimum absolute atomic E-state index is 0.121. The van der Waals surface area contributed by atoms with Crippen molar-refractivity contribution < 1.29 is 24.2 Å². The molecule has 2 N–H and O–H groups in total. The van der Waals surface area contributed by atoms with Gasteiger partial charge in [-0.15, -0.1) is 0 Å². The number of carboxylic acids is 1. The standard InChI is InChI=1S/C11H19NO5/c1-11(2,3)17-10(15)12-8-4-5-16-6-7(8)9(13)14/h7-8H,4-6H2,1-3H3,(H,12,15)(H,13,14)/t7-,8-/m0/s1. The summed E-state index contributed by atoms with van der Waals surface area (Å²) in [7, 11) is 0. The van der Waals surface area contributed by atoms with Gasteiger partial charge in [0.15, 0.2) is 0 Å². The molecular weight excluding hydrogens is 226 g/mol. The summed E-state index contributed by atoms with van der Waals surface area (Å²) in [5, 5.41) is 11.6. The third kappa shape index (κ3) is 4.60. The summed E-state index contributed by atoms with van der Waals surface area (Å²) >= 11 is 0. The highest BCUT2D eigenvalue weighted by Gasteiger charge is 2.33. The molecule has 0 bridgehead atoms. The van der Waals surface area contributed by atoms with Crippen molar-refractivity contribution in [3.05, 3.63) is 0 Å². The van der Waals surface area contributed by atoms with Crippen LogP contribution in [0.3, 0.4) is 0 Å². The van der Waals surface area contributed by atoms with Crippen LogP contribution in [0.15, 0.2) is 0 Å². The summed E-state index contributed by atoms with van der Waals surface area (Å²) in [4.78, 5) is 22.5. The first-order valence-corrected chi connectivity index (χ1v) is 5.59. The summed E-state index contributed by atoms with van der Waals surface area (Å²) in [6, 6.07) is -0.434. The molecule has 1 heterocycles. The highest BCUT2D eigenvalue weighted by molar-refractivity contribution is 5.74. The van der Waals surface area contributed by atoms with Crippen LogP contribution in [0.2, 0.25) is 0 Å². The van der Waals surface area contributed by atoms with Crippen molar-refractivity contribution in [3.8, 4) is 0 Å². The van der Waals surface area contributed by atoms with Crippen molar-refractivity contribution in [2.45, 2.75) is 38.8 Å². The van der Waals surface area contributed by atoms with E-state index in [0.717, 1.165) is 0 Å². The lowest BCUT2D eigenvalue weighted by molar-refractivity contribution is -0.147. The van der Waals surface area contributed by atoms with Crippen LogP contribution in [0.4, 0.5) is 4.79 Å². The molecule has 1 amide bonds. The molecule has 0 aromatic rings. The van der Waals surface area contributed by atoms with Crippen molar-refractivity contribution >= 4 is 12.1 Å². The van der Waals surface area contributed by atoms with E-state index < -0.39 is 29.6 Å². The molecule has 0 spiro atoms. The largest absolute Gasteiger partial charge is 0.481 e. The lowest BCUT2D eigenvalue weighted by Crippen LogP contribution is -2.49. The number of alkyl carbamates (subject to hydrolysis) is 1. The number of amides is 1. The molecule has 1 aliphatic rings. The lowest BCUT2D eigenvalue weighted by Gasteiger charge is -2.30. The van der Waals surface area contributed by atoms with E-state index in [4.69, 9.17) is 14.6 Å². The van der Waals surface area contributed by atoms with Crippen LogP contribution in [-0.4, -0.2) is 42.0 Å². The molecule has 0 aromatic carbocycles. The molecular formula is C11H19NO5. The van der Waals surface area contributed by atoms with Gasteiger partial charge in [-0.3, -0.25) is 4.79 Å². The van der Waals surface area contributed by atoms with E-state index in [9.17, 15) is 9.59 Å². The molecule has 1 rings (SSSR count). The molecule has 0 aromatic heterocycles. The SMILES string of the molecule is CC(C)(C)OC(=O)N[C@H]1CCOC[C@@H]1C(=O)O. The van der Waals surface area contributed by atoms with Crippen molar-refractivity contribution in [2.75, 3.05) is 13.2 Å².